The number of rotatable bonds is 2. The number of likely N-dealkylation sites (N-methyl/N-ethyl adjacent to an activating group) is 1. The molecule has 3 rings (SSSR count). The Kier molecular flexibility index (Phi) is 3.53. The summed E-state index contributed by atoms with van der Waals surface area (Å²) < 4.78 is 0. The number of fused-ring (bicyclic) bond motifs is 1. The summed E-state index contributed by atoms with van der Waals surface area (Å²) in [5.41, 5.74) is 0. The third kappa shape index (κ3) is 2.65. The van der Waals surface area contributed by atoms with Gasteiger partial charge in [-0.1, -0.05) is 35.9 Å². The number of piperidine rings is 1. The highest BCUT2D eigenvalue weighted by atomic mass is 35.5. The highest BCUT2D eigenvalue weighted by Crippen LogP contribution is 2.26. The molecule has 4 nitrogen and oxygen atoms in total. The number of aromatic nitrogens is 2. The van der Waals surface area contributed by atoms with Gasteiger partial charge >= 0.3 is 0 Å². The van der Waals surface area contributed by atoms with Crippen LogP contribution in [0, 0.1) is 0 Å². The average Bonchev–Trinajstić information content (AvgIpc) is 2.42. The minimum absolute atomic E-state index is 0.428. The second-order valence-electron chi connectivity index (χ2n) is 5.13. The zero-order chi connectivity index (χ0) is 13.2. The van der Waals surface area contributed by atoms with E-state index in [0.29, 0.717) is 11.2 Å². The molecular formula is C14H17ClN4. The molecule has 1 aliphatic rings. The highest BCUT2D eigenvalue weighted by molar-refractivity contribution is 6.34. The molecular weight excluding hydrogens is 260 g/mol. The summed E-state index contributed by atoms with van der Waals surface area (Å²) in [5, 5.41) is 14.2. The third-order valence-electron chi connectivity index (χ3n) is 3.61. The molecule has 0 radical (unpaired) electrons. The van der Waals surface area contributed by atoms with Crippen molar-refractivity contribution in [1.82, 2.24) is 15.1 Å². The summed E-state index contributed by atoms with van der Waals surface area (Å²) in [6.45, 7) is 2.21. The van der Waals surface area contributed by atoms with Gasteiger partial charge in [-0.05, 0) is 26.4 Å². The van der Waals surface area contributed by atoms with Gasteiger partial charge in [-0.3, -0.25) is 0 Å². The van der Waals surface area contributed by atoms with Gasteiger partial charge in [0.1, 0.15) is 0 Å². The monoisotopic (exact) mass is 276 g/mol. The van der Waals surface area contributed by atoms with E-state index in [1.165, 1.54) is 19.4 Å². The van der Waals surface area contributed by atoms with Crippen molar-refractivity contribution in [2.45, 2.75) is 18.9 Å². The number of hydrogen-bond acceptors (Lipinski definition) is 4. The van der Waals surface area contributed by atoms with Crippen LogP contribution >= 0.6 is 11.6 Å². The summed E-state index contributed by atoms with van der Waals surface area (Å²) in [5.74, 6) is 0.834. The van der Waals surface area contributed by atoms with E-state index in [1.807, 2.05) is 24.3 Å². The van der Waals surface area contributed by atoms with Crippen LogP contribution in [0.2, 0.25) is 5.15 Å². The van der Waals surface area contributed by atoms with Crippen LogP contribution in [0.4, 0.5) is 5.82 Å². The molecule has 2 aromatic rings. The first kappa shape index (κ1) is 12.6. The number of nitrogens with one attached hydrogen (secondary N) is 1. The highest BCUT2D eigenvalue weighted by Gasteiger charge is 2.18. The van der Waals surface area contributed by atoms with E-state index in [9.17, 15) is 0 Å². The molecule has 100 valence electrons. The first-order valence-corrected chi connectivity index (χ1v) is 6.98. The van der Waals surface area contributed by atoms with Crippen molar-refractivity contribution in [2.24, 2.45) is 0 Å². The Morgan fingerprint density at radius 1 is 1.26 bits per heavy atom. The molecule has 1 fully saturated rings. The standard InChI is InChI=1S/C14H17ClN4/c1-19-8-4-5-10(9-19)16-14-12-7-3-2-6-11(12)13(15)17-18-14/h2-3,6-7,10H,4-5,8-9H2,1H3,(H,16,18)/t10-/m1/s1. The Bertz CT molecular complexity index is 587. The van der Waals surface area contributed by atoms with Crippen LogP contribution in [0.15, 0.2) is 24.3 Å². The van der Waals surface area contributed by atoms with Gasteiger partial charge in [0, 0.05) is 23.4 Å². The molecule has 1 saturated heterocycles. The molecule has 0 spiro atoms. The van der Waals surface area contributed by atoms with E-state index >= 15 is 0 Å². The Morgan fingerprint density at radius 3 is 2.84 bits per heavy atom. The van der Waals surface area contributed by atoms with E-state index in [1.54, 1.807) is 0 Å². The molecule has 2 heterocycles. The third-order valence-corrected chi connectivity index (χ3v) is 3.89. The number of nitrogens with zero attached hydrogens (tertiary/aromatic N) is 3. The molecule has 1 aromatic carbocycles. The molecule has 1 aromatic heterocycles. The van der Waals surface area contributed by atoms with Crippen molar-refractivity contribution >= 4 is 28.2 Å². The predicted molar refractivity (Wildman–Crippen MR) is 78.7 cm³/mol. The lowest BCUT2D eigenvalue weighted by Crippen LogP contribution is -2.40. The first-order valence-electron chi connectivity index (χ1n) is 6.60. The van der Waals surface area contributed by atoms with Gasteiger partial charge in [-0.25, -0.2) is 0 Å². The molecule has 1 aliphatic heterocycles. The maximum Gasteiger partial charge on any atom is 0.159 e. The van der Waals surface area contributed by atoms with Crippen molar-refractivity contribution in [2.75, 3.05) is 25.5 Å². The van der Waals surface area contributed by atoms with Crippen molar-refractivity contribution in [1.29, 1.82) is 0 Å². The van der Waals surface area contributed by atoms with Crippen molar-refractivity contribution in [3.63, 3.8) is 0 Å². The van der Waals surface area contributed by atoms with Gasteiger partial charge in [-0.15, -0.1) is 10.2 Å². The zero-order valence-electron chi connectivity index (χ0n) is 10.9. The maximum absolute atomic E-state index is 6.09. The Balaban J connectivity index is 1.90. The van der Waals surface area contributed by atoms with Crippen LogP contribution in [0.25, 0.3) is 10.8 Å². The Hall–Kier alpha value is -1.39. The van der Waals surface area contributed by atoms with E-state index < -0.39 is 0 Å². The van der Waals surface area contributed by atoms with Gasteiger partial charge < -0.3 is 10.2 Å². The van der Waals surface area contributed by atoms with E-state index in [0.717, 1.165) is 23.1 Å². The van der Waals surface area contributed by atoms with Crippen molar-refractivity contribution < 1.29 is 0 Å². The molecule has 19 heavy (non-hydrogen) atoms. The molecule has 5 heteroatoms. The van der Waals surface area contributed by atoms with Crippen LogP contribution in [-0.2, 0) is 0 Å². The second kappa shape index (κ2) is 5.31. The first-order chi connectivity index (χ1) is 9.24. The zero-order valence-corrected chi connectivity index (χ0v) is 11.7. The maximum atomic E-state index is 6.09. The fourth-order valence-electron chi connectivity index (χ4n) is 2.66. The molecule has 0 saturated carbocycles. The van der Waals surface area contributed by atoms with Crippen LogP contribution in [0.1, 0.15) is 12.8 Å². The number of hydrogen-bond donors (Lipinski definition) is 1. The molecule has 1 atom stereocenters. The SMILES string of the molecule is CN1CCC[C@@H](Nc2nnc(Cl)c3ccccc23)C1. The molecule has 0 unspecified atom stereocenters. The number of benzene rings is 1. The number of anilines is 1. The Morgan fingerprint density at radius 2 is 2.05 bits per heavy atom. The molecule has 0 aliphatic carbocycles. The number of likely N-dealkylation sites (tertiary alicyclic amines) is 1. The predicted octanol–water partition coefficient (Wildman–Crippen LogP) is 2.79. The second-order valence-corrected chi connectivity index (χ2v) is 5.49. The molecule has 0 bridgehead atoms. The summed E-state index contributed by atoms with van der Waals surface area (Å²) in [6.07, 6.45) is 2.39. The largest absolute Gasteiger partial charge is 0.364 e. The van der Waals surface area contributed by atoms with E-state index in [-0.39, 0.29) is 0 Å². The van der Waals surface area contributed by atoms with Crippen LogP contribution < -0.4 is 5.32 Å². The number of halogens is 1. The average molecular weight is 277 g/mol. The van der Waals surface area contributed by atoms with Crippen LogP contribution in [0.3, 0.4) is 0 Å². The fourth-order valence-corrected chi connectivity index (χ4v) is 2.86. The van der Waals surface area contributed by atoms with Gasteiger partial charge in [0.15, 0.2) is 11.0 Å². The summed E-state index contributed by atoms with van der Waals surface area (Å²) >= 11 is 6.09. The topological polar surface area (TPSA) is 41.0 Å². The summed E-state index contributed by atoms with van der Waals surface area (Å²) in [6, 6.07) is 8.40. The van der Waals surface area contributed by atoms with Gasteiger partial charge in [0.2, 0.25) is 0 Å². The van der Waals surface area contributed by atoms with Crippen LogP contribution in [-0.4, -0.2) is 41.3 Å². The lowest BCUT2D eigenvalue weighted by atomic mass is 10.1. The lowest BCUT2D eigenvalue weighted by molar-refractivity contribution is 0.261. The normalized spacial score (nSPS) is 20.6. The van der Waals surface area contributed by atoms with Gasteiger partial charge in [0.25, 0.3) is 0 Å². The van der Waals surface area contributed by atoms with Gasteiger partial charge in [0.05, 0.1) is 0 Å². The fraction of sp³-hybridized carbons (Fsp3) is 0.429. The lowest BCUT2D eigenvalue weighted by Gasteiger charge is -2.30. The van der Waals surface area contributed by atoms with E-state index in [2.05, 4.69) is 27.5 Å². The summed E-state index contributed by atoms with van der Waals surface area (Å²) in [4.78, 5) is 2.34. The van der Waals surface area contributed by atoms with Crippen molar-refractivity contribution in [3.8, 4) is 0 Å². The van der Waals surface area contributed by atoms with Crippen LogP contribution in [0.5, 0.6) is 0 Å². The molecule has 0 amide bonds. The minimum atomic E-state index is 0.428. The van der Waals surface area contributed by atoms with Gasteiger partial charge in [-0.2, -0.15) is 0 Å². The minimum Gasteiger partial charge on any atom is -0.364 e. The van der Waals surface area contributed by atoms with E-state index in [4.69, 9.17) is 11.6 Å². The Labute approximate surface area is 117 Å². The molecule has 1 N–H and O–H groups in total. The summed E-state index contributed by atoms with van der Waals surface area (Å²) in [7, 11) is 2.15. The quantitative estimate of drug-likeness (QED) is 0.916. The van der Waals surface area contributed by atoms with Crippen molar-refractivity contribution in [3.05, 3.63) is 29.4 Å². The smallest absolute Gasteiger partial charge is 0.159 e.